The molecule has 0 aliphatic carbocycles. The number of nitrogens with zero attached hydrogens (tertiary/aromatic N) is 1. The zero-order valence-electron chi connectivity index (χ0n) is 9.05. The smallest absolute Gasteiger partial charge is 0.239 e. The van der Waals surface area contributed by atoms with Crippen LogP contribution in [-0.4, -0.2) is 23.5 Å². The lowest BCUT2D eigenvalue weighted by Crippen LogP contribution is -2.48. The maximum Gasteiger partial charge on any atom is 0.239 e. The van der Waals surface area contributed by atoms with Crippen LogP contribution in [-0.2, 0) is 4.79 Å². The molecule has 1 rings (SSSR count). The summed E-state index contributed by atoms with van der Waals surface area (Å²) < 4.78 is 0. The van der Waals surface area contributed by atoms with E-state index in [0.717, 1.165) is 6.54 Å². The van der Waals surface area contributed by atoms with Crippen LogP contribution in [0.3, 0.4) is 0 Å². The highest BCUT2D eigenvalue weighted by Crippen LogP contribution is 2.17. The zero-order valence-corrected chi connectivity index (χ0v) is 9.05. The molecule has 1 N–H and O–H groups in total. The largest absolute Gasteiger partial charge is 0.288 e. The van der Waals surface area contributed by atoms with Gasteiger partial charge < -0.3 is 0 Å². The Morgan fingerprint density at radius 2 is 2.08 bits per heavy atom. The van der Waals surface area contributed by atoms with Crippen molar-refractivity contribution in [3.63, 3.8) is 0 Å². The molecule has 1 aliphatic heterocycles. The molecule has 0 aromatic carbocycles. The molecule has 1 heterocycles. The number of carbonyl (C=O) groups is 1. The summed E-state index contributed by atoms with van der Waals surface area (Å²) in [6.45, 7) is 8.94. The van der Waals surface area contributed by atoms with E-state index in [0.29, 0.717) is 6.04 Å². The van der Waals surface area contributed by atoms with E-state index < -0.39 is 0 Å². The molecule has 0 unspecified atom stereocenters. The minimum absolute atomic E-state index is 0.112. The summed E-state index contributed by atoms with van der Waals surface area (Å²) in [5.74, 6) is 0.112. The second-order valence-electron chi connectivity index (χ2n) is 4.88. The summed E-state index contributed by atoms with van der Waals surface area (Å²) in [6, 6.07) is 0.492. The van der Waals surface area contributed by atoms with Gasteiger partial charge in [-0.05, 0) is 19.8 Å². The molecule has 0 radical (unpaired) electrons. The maximum atomic E-state index is 11.6. The van der Waals surface area contributed by atoms with Crippen LogP contribution in [0.2, 0.25) is 0 Å². The quantitative estimate of drug-likeness (QED) is 0.670. The number of hydrogen-bond donors (Lipinski definition) is 1. The van der Waals surface area contributed by atoms with Gasteiger partial charge in [0.2, 0.25) is 5.91 Å². The fourth-order valence-electron chi connectivity index (χ4n) is 1.40. The molecule has 0 saturated carbocycles. The first kappa shape index (κ1) is 10.5. The highest BCUT2D eigenvalue weighted by atomic mass is 16.2. The Bertz CT molecular complexity index is 196. The first-order chi connectivity index (χ1) is 5.91. The van der Waals surface area contributed by atoms with Crippen LogP contribution in [0.25, 0.3) is 0 Å². The molecule has 0 aromatic rings. The van der Waals surface area contributed by atoms with Crippen LogP contribution in [0.4, 0.5) is 0 Å². The molecule has 1 amide bonds. The molecule has 3 nitrogen and oxygen atoms in total. The predicted molar refractivity (Wildman–Crippen MR) is 53.0 cm³/mol. The van der Waals surface area contributed by atoms with Crippen molar-refractivity contribution in [3.8, 4) is 0 Å². The number of nitrogens with one attached hydrogen (secondary N) is 1. The lowest BCUT2D eigenvalue weighted by atomic mass is 9.96. The molecule has 0 spiro atoms. The summed E-state index contributed by atoms with van der Waals surface area (Å²) in [4.78, 5) is 11.6. The van der Waals surface area contributed by atoms with Crippen LogP contribution in [0.15, 0.2) is 0 Å². The van der Waals surface area contributed by atoms with E-state index >= 15 is 0 Å². The Labute approximate surface area is 80.5 Å². The molecule has 0 aromatic heterocycles. The van der Waals surface area contributed by atoms with Gasteiger partial charge in [-0.1, -0.05) is 20.8 Å². The highest BCUT2D eigenvalue weighted by Gasteiger charge is 2.27. The molecular weight excluding hydrogens is 164 g/mol. The van der Waals surface area contributed by atoms with Gasteiger partial charge in [0.05, 0.1) is 0 Å². The SMILES string of the molecule is C[C@H]1CCCN1NC(=O)C(C)(C)C. The van der Waals surface area contributed by atoms with Gasteiger partial charge in [0, 0.05) is 18.0 Å². The zero-order chi connectivity index (χ0) is 10.1. The number of carbonyl (C=O) groups excluding carboxylic acids is 1. The van der Waals surface area contributed by atoms with Crippen molar-refractivity contribution in [3.05, 3.63) is 0 Å². The standard InChI is InChI=1S/C10H20N2O/c1-8-6-5-7-12(8)11-9(13)10(2,3)4/h8H,5-7H2,1-4H3,(H,11,13)/t8-/m0/s1. The molecule has 13 heavy (non-hydrogen) atoms. The van der Waals surface area contributed by atoms with Gasteiger partial charge in [0.25, 0.3) is 0 Å². The average Bonchev–Trinajstić information content (AvgIpc) is 2.34. The van der Waals surface area contributed by atoms with Crippen molar-refractivity contribution in [1.29, 1.82) is 0 Å². The number of hydrazine groups is 1. The van der Waals surface area contributed by atoms with Crippen molar-refractivity contribution < 1.29 is 4.79 Å². The predicted octanol–water partition coefficient (Wildman–Crippen LogP) is 1.55. The van der Waals surface area contributed by atoms with E-state index in [2.05, 4.69) is 12.3 Å². The van der Waals surface area contributed by atoms with Crippen LogP contribution in [0.5, 0.6) is 0 Å². The maximum absolute atomic E-state index is 11.6. The Morgan fingerprint density at radius 1 is 1.46 bits per heavy atom. The van der Waals surface area contributed by atoms with Gasteiger partial charge in [-0.15, -0.1) is 0 Å². The van der Waals surface area contributed by atoms with Crippen molar-refractivity contribution in [2.24, 2.45) is 5.41 Å². The van der Waals surface area contributed by atoms with E-state index in [1.54, 1.807) is 0 Å². The molecular formula is C10H20N2O. The molecule has 3 heteroatoms. The normalized spacial score (nSPS) is 24.8. The molecule has 1 atom stereocenters. The van der Waals surface area contributed by atoms with Gasteiger partial charge in [0.1, 0.15) is 0 Å². The Morgan fingerprint density at radius 3 is 2.46 bits per heavy atom. The van der Waals surface area contributed by atoms with E-state index in [4.69, 9.17) is 0 Å². The van der Waals surface area contributed by atoms with Crippen LogP contribution >= 0.6 is 0 Å². The highest BCUT2D eigenvalue weighted by molar-refractivity contribution is 5.80. The monoisotopic (exact) mass is 184 g/mol. The number of amides is 1. The number of hydrogen-bond acceptors (Lipinski definition) is 2. The fourth-order valence-corrected chi connectivity index (χ4v) is 1.40. The molecule has 1 aliphatic rings. The van der Waals surface area contributed by atoms with E-state index in [1.807, 2.05) is 25.8 Å². The summed E-state index contributed by atoms with van der Waals surface area (Å²) in [5.41, 5.74) is 2.67. The summed E-state index contributed by atoms with van der Waals surface area (Å²) >= 11 is 0. The lowest BCUT2D eigenvalue weighted by Gasteiger charge is -2.26. The Balaban J connectivity index is 2.45. The second-order valence-corrected chi connectivity index (χ2v) is 4.88. The van der Waals surface area contributed by atoms with Gasteiger partial charge in [-0.25, -0.2) is 5.01 Å². The minimum atomic E-state index is -0.289. The second kappa shape index (κ2) is 3.66. The molecule has 1 fully saturated rings. The molecule has 1 saturated heterocycles. The van der Waals surface area contributed by atoms with Crippen LogP contribution in [0.1, 0.15) is 40.5 Å². The average molecular weight is 184 g/mol. The Hall–Kier alpha value is -0.570. The third kappa shape index (κ3) is 2.69. The number of rotatable bonds is 1. The first-order valence-electron chi connectivity index (χ1n) is 4.99. The van der Waals surface area contributed by atoms with E-state index in [1.165, 1.54) is 12.8 Å². The van der Waals surface area contributed by atoms with Crippen molar-refractivity contribution >= 4 is 5.91 Å². The molecule has 0 bridgehead atoms. The van der Waals surface area contributed by atoms with Crippen molar-refractivity contribution in [1.82, 2.24) is 10.4 Å². The lowest BCUT2D eigenvalue weighted by molar-refractivity contribution is -0.133. The summed E-state index contributed by atoms with van der Waals surface area (Å²) in [7, 11) is 0. The van der Waals surface area contributed by atoms with Crippen molar-refractivity contribution in [2.75, 3.05) is 6.54 Å². The third-order valence-corrected chi connectivity index (χ3v) is 2.48. The van der Waals surface area contributed by atoms with Gasteiger partial charge in [-0.3, -0.25) is 10.2 Å². The van der Waals surface area contributed by atoms with Crippen LogP contribution < -0.4 is 5.43 Å². The van der Waals surface area contributed by atoms with Crippen molar-refractivity contribution in [2.45, 2.75) is 46.6 Å². The van der Waals surface area contributed by atoms with E-state index in [9.17, 15) is 4.79 Å². The minimum Gasteiger partial charge on any atom is -0.288 e. The van der Waals surface area contributed by atoms with Gasteiger partial charge >= 0.3 is 0 Å². The Kier molecular flexibility index (Phi) is 2.96. The van der Waals surface area contributed by atoms with Crippen LogP contribution in [0, 0.1) is 5.41 Å². The fraction of sp³-hybridized carbons (Fsp3) is 0.900. The van der Waals surface area contributed by atoms with E-state index in [-0.39, 0.29) is 11.3 Å². The summed E-state index contributed by atoms with van der Waals surface area (Å²) in [5, 5.41) is 2.05. The molecule has 76 valence electrons. The summed E-state index contributed by atoms with van der Waals surface area (Å²) in [6.07, 6.45) is 2.37. The third-order valence-electron chi connectivity index (χ3n) is 2.48. The van der Waals surface area contributed by atoms with Gasteiger partial charge in [-0.2, -0.15) is 0 Å². The topological polar surface area (TPSA) is 32.3 Å². The van der Waals surface area contributed by atoms with Gasteiger partial charge in [0.15, 0.2) is 0 Å². The first-order valence-corrected chi connectivity index (χ1v) is 4.99.